The normalized spacial score (nSPS) is 10.2. The molecule has 68 valence electrons. The molecular formula is C8H7ClN2O2. The van der Waals surface area contributed by atoms with Crippen molar-refractivity contribution in [2.24, 2.45) is 5.16 Å². The molecule has 5 heteroatoms. The van der Waals surface area contributed by atoms with Gasteiger partial charge in [0.15, 0.2) is 0 Å². The number of rotatable bonds is 2. The van der Waals surface area contributed by atoms with Crippen LogP contribution in [0.2, 0.25) is 5.02 Å². The number of para-hydroxylation sites is 1. The SMILES string of the molecule is O=C(/C=N/O)Nc1ccccc1Cl. The summed E-state index contributed by atoms with van der Waals surface area (Å²) in [4.78, 5) is 10.9. The van der Waals surface area contributed by atoms with Crippen molar-refractivity contribution in [2.45, 2.75) is 0 Å². The Labute approximate surface area is 79.8 Å². The number of amides is 1. The number of halogens is 1. The average Bonchev–Trinajstić information content (AvgIpc) is 2.09. The van der Waals surface area contributed by atoms with Crippen LogP contribution in [0.3, 0.4) is 0 Å². The molecule has 0 spiro atoms. The van der Waals surface area contributed by atoms with E-state index >= 15 is 0 Å². The lowest BCUT2D eigenvalue weighted by Gasteiger charge is -2.02. The summed E-state index contributed by atoms with van der Waals surface area (Å²) in [5.41, 5.74) is 0.481. The monoisotopic (exact) mass is 198 g/mol. The number of benzene rings is 1. The minimum Gasteiger partial charge on any atom is -0.411 e. The second kappa shape index (κ2) is 4.47. The lowest BCUT2D eigenvalue weighted by atomic mass is 10.3. The molecular weight excluding hydrogens is 192 g/mol. The van der Waals surface area contributed by atoms with Gasteiger partial charge in [0.2, 0.25) is 0 Å². The topological polar surface area (TPSA) is 61.7 Å². The molecule has 1 aromatic rings. The third-order valence-corrected chi connectivity index (χ3v) is 1.64. The molecule has 4 nitrogen and oxygen atoms in total. The molecule has 0 fully saturated rings. The minimum absolute atomic E-state index is 0.433. The maximum Gasteiger partial charge on any atom is 0.270 e. The van der Waals surface area contributed by atoms with Crippen LogP contribution in [0.15, 0.2) is 29.4 Å². The fraction of sp³-hybridized carbons (Fsp3) is 0. The fourth-order valence-corrected chi connectivity index (χ4v) is 0.963. The van der Waals surface area contributed by atoms with E-state index in [4.69, 9.17) is 16.8 Å². The fourth-order valence-electron chi connectivity index (χ4n) is 0.780. The molecule has 0 saturated carbocycles. The van der Waals surface area contributed by atoms with Crippen LogP contribution in [0.1, 0.15) is 0 Å². The van der Waals surface area contributed by atoms with E-state index in [1.807, 2.05) is 0 Å². The second-order valence-electron chi connectivity index (χ2n) is 2.21. The molecule has 0 aliphatic heterocycles. The van der Waals surface area contributed by atoms with Gasteiger partial charge < -0.3 is 10.5 Å². The van der Waals surface area contributed by atoms with Crippen LogP contribution >= 0.6 is 11.6 Å². The molecule has 1 amide bonds. The van der Waals surface area contributed by atoms with Crippen LogP contribution in [-0.2, 0) is 4.79 Å². The Morgan fingerprint density at radius 1 is 1.54 bits per heavy atom. The number of nitrogens with zero attached hydrogens (tertiary/aromatic N) is 1. The van der Waals surface area contributed by atoms with E-state index in [1.54, 1.807) is 24.3 Å². The zero-order chi connectivity index (χ0) is 9.68. The molecule has 2 N–H and O–H groups in total. The minimum atomic E-state index is -0.532. The van der Waals surface area contributed by atoms with Gasteiger partial charge in [-0.25, -0.2) is 0 Å². The highest BCUT2D eigenvalue weighted by Crippen LogP contribution is 2.19. The Morgan fingerprint density at radius 2 is 2.23 bits per heavy atom. The van der Waals surface area contributed by atoms with Gasteiger partial charge in [0.25, 0.3) is 5.91 Å². The van der Waals surface area contributed by atoms with Gasteiger partial charge in [0.1, 0.15) is 6.21 Å². The van der Waals surface area contributed by atoms with Crippen molar-refractivity contribution in [2.75, 3.05) is 5.32 Å². The molecule has 0 aliphatic rings. The molecule has 0 aromatic heterocycles. The quantitative estimate of drug-likeness (QED) is 0.432. The lowest BCUT2D eigenvalue weighted by Crippen LogP contribution is -2.12. The van der Waals surface area contributed by atoms with E-state index in [9.17, 15) is 4.79 Å². The summed E-state index contributed by atoms with van der Waals surface area (Å²) in [6.45, 7) is 0. The van der Waals surface area contributed by atoms with Crippen molar-refractivity contribution in [3.8, 4) is 0 Å². The zero-order valence-corrected chi connectivity index (χ0v) is 7.32. The van der Waals surface area contributed by atoms with E-state index in [1.165, 1.54) is 0 Å². The van der Waals surface area contributed by atoms with E-state index in [0.717, 1.165) is 6.21 Å². The summed E-state index contributed by atoms with van der Waals surface area (Å²) in [6.07, 6.45) is 0.753. The number of oxime groups is 1. The van der Waals surface area contributed by atoms with E-state index in [2.05, 4.69) is 10.5 Å². The van der Waals surface area contributed by atoms with Crippen LogP contribution in [-0.4, -0.2) is 17.3 Å². The summed E-state index contributed by atoms with van der Waals surface area (Å²) in [5.74, 6) is -0.532. The Hall–Kier alpha value is -1.55. The van der Waals surface area contributed by atoms with Crippen LogP contribution in [0.25, 0.3) is 0 Å². The van der Waals surface area contributed by atoms with Crippen molar-refractivity contribution in [1.82, 2.24) is 0 Å². The summed E-state index contributed by atoms with van der Waals surface area (Å²) < 4.78 is 0. The summed E-state index contributed by atoms with van der Waals surface area (Å²) in [6, 6.07) is 6.77. The van der Waals surface area contributed by atoms with Crippen LogP contribution in [0.5, 0.6) is 0 Å². The molecule has 0 unspecified atom stereocenters. The van der Waals surface area contributed by atoms with Gasteiger partial charge in [0.05, 0.1) is 10.7 Å². The van der Waals surface area contributed by atoms with Crippen LogP contribution in [0.4, 0.5) is 5.69 Å². The Morgan fingerprint density at radius 3 is 2.85 bits per heavy atom. The third kappa shape index (κ3) is 2.76. The zero-order valence-electron chi connectivity index (χ0n) is 6.57. The smallest absolute Gasteiger partial charge is 0.270 e. The van der Waals surface area contributed by atoms with Gasteiger partial charge in [-0.3, -0.25) is 4.79 Å². The first-order valence-electron chi connectivity index (χ1n) is 3.47. The summed E-state index contributed by atoms with van der Waals surface area (Å²) >= 11 is 5.75. The van der Waals surface area contributed by atoms with Crippen molar-refractivity contribution >= 4 is 29.4 Å². The molecule has 1 aromatic carbocycles. The highest BCUT2D eigenvalue weighted by atomic mass is 35.5. The van der Waals surface area contributed by atoms with Crippen molar-refractivity contribution in [1.29, 1.82) is 0 Å². The number of hydrogen-bond acceptors (Lipinski definition) is 3. The molecule has 0 aliphatic carbocycles. The van der Waals surface area contributed by atoms with E-state index in [-0.39, 0.29) is 0 Å². The van der Waals surface area contributed by atoms with Gasteiger partial charge in [-0.1, -0.05) is 28.9 Å². The summed E-state index contributed by atoms with van der Waals surface area (Å²) in [7, 11) is 0. The Bertz CT molecular complexity index is 339. The Balaban J connectivity index is 2.74. The summed E-state index contributed by atoms with van der Waals surface area (Å²) in [5, 5.41) is 13.5. The number of hydrogen-bond donors (Lipinski definition) is 2. The number of carbonyl (C=O) groups excluding carboxylic acids is 1. The van der Waals surface area contributed by atoms with Crippen LogP contribution in [0, 0.1) is 0 Å². The lowest BCUT2D eigenvalue weighted by molar-refractivity contribution is -0.110. The molecule has 0 radical (unpaired) electrons. The molecule has 13 heavy (non-hydrogen) atoms. The third-order valence-electron chi connectivity index (χ3n) is 1.31. The van der Waals surface area contributed by atoms with Crippen LogP contribution < -0.4 is 5.32 Å². The average molecular weight is 199 g/mol. The first-order chi connectivity index (χ1) is 6.24. The first-order valence-corrected chi connectivity index (χ1v) is 3.85. The van der Waals surface area contributed by atoms with E-state index < -0.39 is 5.91 Å². The molecule has 0 bridgehead atoms. The standard InChI is InChI=1S/C8H7ClN2O2/c9-6-3-1-2-4-7(6)11-8(12)5-10-13/h1-5,13H,(H,11,12)/b10-5+. The van der Waals surface area contributed by atoms with Gasteiger partial charge in [-0.05, 0) is 12.1 Å². The molecule has 0 heterocycles. The van der Waals surface area contributed by atoms with Crippen molar-refractivity contribution < 1.29 is 10.0 Å². The van der Waals surface area contributed by atoms with Crippen molar-refractivity contribution in [3.05, 3.63) is 29.3 Å². The highest BCUT2D eigenvalue weighted by molar-refractivity contribution is 6.36. The molecule has 0 saturated heterocycles. The second-order valence-corrected chi connectivity index (χ2v) is 2.62. The van der Waals surface area contributed by atoms with Gasteiger partial charge >= 0.3 is 0 Å². The predicted molar refractivity (Wildman–Crippen MR) is 50.4 cm³/mol. The maximum absolute atomic E-state index is 10.9. The van der Waals surface area contributed by atoms with Gasteiger partial charge in [-0.15, -0.1) is 0 Å². The van der Waals surface area contributed by atoms with Gasteiger partial charge in [-0.2, -0.15) is 0 Å². The first kappa shape index (κ1) is 9.54. The molecule has 1 rings (SSSR count). The maximum atomic E-state index is 10.9. The molecule has 0 atom stereocenters. The highest BCUT2D eigenvalue weighted by Gasteiger charge is 2.01. The number of anilines is 1. The van der Waals surface area contributed by atoms with Gasteiger partial charge in [0, 0.05) is 0 Å². The Kier molecular flexibility index (Phi) is 3.28. The predicted octanol–water partition coefficient (Wildman–Crippen LogP) is 1.74. The van der Waals surface area contributed by atoms with E-state index in [0.29, 0.717) is 10.7 Å². The number of carbonyl (C=O) groups is 1. The largest absolute Gasteiger partial charge is 0.411 e. The van der Waals surface area contributed by atoms with Crippen molar-refractivity contribution in [3.63, 3.8) is 0 Å². The number of nitrogens with one attached hydrogen (secondary N) is 1.